The van der Waals surface area contributed by atoms with Crippen LogP contribution >= 0.6 is 0 Å². The van der Waals surface area contributed by atoms with Crippen molar-refractivity contribution in [1.29, 1.82) is 0 Å². The molecule has 77 valence electrons. The van der Waals surface area contributed by atoms with Crippen molar-refractivity contribution >= 4 is 0 Å². The summed E-state index contributed by atoms with van der Waals surface area (Å²) in [5.41, 5.74) is 2.57. The monoisotopic (exact) mass is 199 g/mol. The summed E-state index contributed by atoms with van der Waals surface area (Å²) in [6.07, 6.45) is 7.23. The first-order chi connectivity index (χ1) is 7.38. The van der Waals surface area contributed by atoms with Gasteiger partial charge in [0.15, 0.2) is 0 Å². The highest BCUT2D eigenvalue weighted by molar-refractivity contribution is 5.16. The summed E-state index contributed by atoms with van der Waals surface area (Å²) in [6, 6.07) is 10.5. The van der Waals surface area contributed by atoms with Crippen molar-refractivity contribution in [3.8, 4) is 0 Å². The minimum Gasteiger partial charge on any atom is -0.263 e. The van der Waals surface area contributed by atoms with Crippen LogP contribution in [0.1, 0.15) is 18.1 Å². The summed E-state index contributed by atoms with van der Waals surface area (Å²) in [6.45, 7) is 2.97. The van der Waals surface area contributed by atoms with Crippen LogP contribution in [0.5, 0.6) is 0 Å². The summed E-state index contributed by atoms with van der Waals surface area (Å²) in [7, 11) is 0. The first-order valence-corrected chi connectivity index (χ1v) is 5.36. The van der Waals surface area contributed by atoms with Crippen molar-refractivity contribution in [2.45, 2.75) is 26.3 Å². The summed E-state index contributed by atoms with van der Waals surface area (Å²) in [4.78, 5) is 0. The molecule has 0 aliphatic carbocycles. The molecule has 0 aliphatic heterocycles. The first-order valence-electron chi connectivity index (χ1n) is 5.36. The molecule has 2 aromatic rings. The summed E-state index contributed by atoms with van der Waals surface area (Å²) < 4.78 is 1.85. The maximum absolute atomic E-state index is 4.21. The summed E-state index contributed by atoms with van der Waals surface area (Å²) in [5.74, 6) is 0. The van der Waals surface area contributed by atoms with Gasteiger partial charge in [-0.25, -0.2) is 0 Å². The van der Waals surface area contributed by atoms with Gasteiger partial charge in [0.2, 0.25) is 0 Å². The van der Waals surface area contributed by atoms with Gasteiger partial charge in [-0.05, 0) is 30.9 Å². The third-order valence-electron chi connectivity index (χ3n) is 2.45. The highest BCUT2D eigenvalue weighted by Crippen LogP contribution is 2.05. The maximum Gasteiger partial charge on any atom is 0.0898 e. The third kappa shape index (κ3) is 2.69. The Balaban J connectivity index is 1.93. The lowest BCUT2D eigenvalue weighted by Gasteiger charge is -1.97. The van der Waals surface area contributed by atoms with E-state index in [4.69, 9.17) is 0 Å². The predicted molar refractivity (Wildman–Crippen MR) is 60.6 cm³/mol. The van der Waals surface area contributed by atoms with Crippen molar-refractivity contribution in [3.05, 3.63) is 53.9 Å². The van der Waals surface area contributed by atoms with E-state index in [2.05, 4.69) is 42.5 Å². The van der Waals surface area contributed by atoms with Gasteiger partial charge in [-0.15, -0.1) is 0 Å². The molecule has 0 aliphatic rings. The molecule has 1 aromatic heterocycles. The van der Waals surface area contributed by atoms with E-state index in [1.807, 2.05) is 16.9 Å². The van der Waals surface area contributed by atoms with E-state index in [0.717, 1.165) is 19.4 Å². The van der Waals surface area contributed by atoms with E-state index in [-0.39, 0.29) is 0 Å². The molecular weight excluding hydrogens is 184 g/mol. The Bertz CT molecular complexity index is 403. The fraction of sp³-hybridized carbons (Fsp3) is 0.308. The molecule has 2 nitrogen and oxygen atoms in total. The molecular formula is C13H15N2. The second-order valence-electron chi connectivity index (χ2n) is 3.58. The Morgan fingerprint density at radius 1 is 1.20 bits per heavy atom. The van der Waals surface area contributed by atoms with E-state index in [1.54, 1.807) is 0 Å². The molecule has 0 bridgehead atoms. The highest BCUT2D eigenvalue weighted by Gasteiger charge is 1.98. The van der Waals surface area contributed by atoms with Crippen LogP contribution in [0.4, 0.5) is 0 Å². The van der Waals surface area contributed by atoms with E-state index in [1.165, 1.54) is 11.1 Å². The second-order valence-corrected chi connectivity index (χ2v) is 3.58. The van der Waals surface area contributed by atoms with Crippen LogP contribution in [0.25, 0.3) is 0 Å². The van der Waals surface area contributed by atoms with Crippen LogP contribution in [0, 0.1) is 6.20 Å². The molecule has 1 radical (unpaired) electrons. The Labute approximate surface area is 90.6 Å². The number of rotatable bonds is 4. The van der Waals surface area contributed by atoms with Gasteiger partial charge in [0, 0.05) is 6.54 Å². The predicted octanol–water partition coefficient (Wildman–Crippen LogP) is 2.49. The average molecular weight is 199 g/mol. The highest BCUT2D eigenvalue weighted by atomic mass is 15.3. The van der Waals surface area contributed by atoms with E-state index in [9.17, 15) is 0 Å². The van der Waals surface area contributed by atoms with Crippen molar-refractivity contribution < 1.29 is 0 Å². The molecule has 0 atom stereocenters. The fourth-order valence-electron chi connectivity index (χ4n) is 1.57. The number of aryl methyl sites for hydroxylation is 3. The van der Waals surface area contributed by atoms with Crippen LogP contribution in [-0.2, 0) is 19.4 Å². The molecule has 1 heterocycles. The largest absolute Gasteiger partial charge is 0.263 e. The molecule has 15 heavy (non-hydrogen) atoms. The lowest BCUT2D eigenvalue weighted by atomic mass is 10.1. The Kier molecular flexibility index (Phi) is 3.18. The topological polar surface area (TPSA) is 17.8 Å². The van der Waals surface area contributed by atoms with Gasteiger partial charge >= 0.3 is 0 Å². The SMILES string of the molecule is CCn1[c]c(CCc2ccccc2)cn1. The zero-order valence-electron chi connectivity index (χ0n) is 8.98. The molecule has 2 rings (SSSR count). The van der Waals surface area contributed by atoms with Crippen molar-refractivity contribution in [3.63, 3.8) is 0 Å². The van der Waals surface area contributed by atoms with Gasteiger partial charge in [-0.1, -0.05) is 30.3 Å². The maximum atomic E-state index is 4.21. The van der Waals surface area contributed by atoms with Gasteiger partial charge in [-0.3, -0.25) is 4.68 Å². The summed E-state index contributed by atoms with van der Waals surface area (Å²) >= 11 is 0. The number of nitrogens with zero attached hydrogens (tertiary/aromatic N) is 2. The average Bonchev–Trinajstić information content (AvgIpc) is 2.76. The molecule has 0 saturated carbocycles. The van der Waals surface area contributed by atoms with Gasteiger partial charge < -0.3 is 0 Å². The second kappa shape index (κ2) is 4.78. The Morgan fingerprint density at radius 2 is 2.00 bits per heavy atom. The van der Waals surface area contributed by atoms with E-state index >= 15 is 0 Å². The third-order valence-corrected chi connectivity index (χ3v) is 2.45. The molecule has 0 spiro atoms. The molecule has 0 amide bonds. The Hall–Kier alpha value is -1.57. The van der Waals surface area contributed by atoms with Crippen LogP contribution in [0.15, 0.2) is 36.5 Å². The minimum atomic E-state index is 0.894. The molecule has 2 heteroatoms. The van der Waals surface area contributed by atoms with Gasteiger partial charge in [-0.2, -0.15) is 5.10 Å². The van der Waals surface area contributed by atoms with E-state index < -0.39 is 0 Å². The number of benzene rings is 1. The molecule has 0 N–H and O–H groups in total. The molecule has 1 aromatic carbocycles. The fourth-order valence-corrected chi connectivity index (χ4v) is 1.57. The molecule has 0 fully saturated rings. The van der Waals surface area contributed by atoms with Gasteiger partial charge in [0.1, 0.15) is 0 Å². The lowest BCUT2D eigenvalue weighted by molar-refractivity contribution is 0.654. The first kappa shape index (κ1) is 9.97. The van der Waals surface area contributed by atoms with Crippen LogP contribution in [-0.4, -0.2) is 9.78 Å². The number of hydrogen-bond donors (Lipinski definition) is 0. The minimum absolute atomic E-state index is 0.894. The number of hydrogen-bond acceptors (Lipinski definition) is 1. The van der Waals surface area contributed by atoms with Crippen molar-refractivity contribution in [2.75, 3.05) is 0 Å². The smallest absolute Gasteiger partial charge is 0.0898 e. The molecule has 0 unspecified atom stereocenters. The quantitative estimate of drug-likeness (QED) is 0.739. The van der Waals surface area contributed by atoms with Gasteiger partial charge in [0.25, 0.3) is 0 Å². The summed E-state index contributed by atoms with van der Waals surface area (Å²) in [5, 5.41) is 4.21. The van der Waals surface area contributed by atoms with Crippen molar-refractivity contribution in [1.82, 2.24) is 9.78 Å². The normalized spacial score (nSPS) is 10.5. The number of aromatic nitrogens is 2. The zero-order chi connectivity index (χ0) is 10.5. The van der Waals surface area contributed by atoms with Crippen LogP contribution in [0.3, 0.4) is 0 Å². The standard InChI is InChI=1S/C13H15N2/c1-2-15-11-13(10-14-15)9-8-12-6-4-3-5-7-12/h3-7,10H,2,8-9H2,1H3. The van der Waals surface area contributed by atoms with Crippen LogP contribution < -0.4 is 0 Å². The Morgan fingerprint density at radius 3 is 2.67 bits per heavy atom. The zero-order valence-corrected chi connectivity index (χ0v) is 8.98. The van der Waals surface area contributed by atoms with E-state index in [0.29, 0.717) is 0 Å². The van der Waals surface area contributed by atoms with Crippen LogP contribution in [0.2, 0.25) is 0 Å². The van der Waals surface area contributed by atoms with Gasteiger partial charge in [0.05, 0.1) is 12.4 Å². The molecule has 0 saturated heterocycles. The lowest BCUT2D eigenvalue weighted by Crippen LogP contribution is -1.94. The van der Waals surface area contributed by atoms with Crippen molar-refractivity contribution in [2.24, 2.45) is 0 Å².